The number of carbonyl (C=O) groups excluding carboxylic acids is 2. The lowest BCUT2D eigenvalue weighted by Gasteiger charge is -2.29. The fourth-order valence-corrected chi connectivity index (χ4v) is 2.83. The van der Waals surface area contributed by atoms with Crippen molar-refractivity contribution in [3.63, 3.8) is 0 Å². The molecule has 8 nitrogen and oxygen atoms in total. The molecule has 28 heavy (non-hydrogen) atoms. The van der Waals surface area contributed by atoms with Crippen molar-refractivity contribution in [3.8, 4) is 11.5 Å². The maximum absolute atomic E-state index is 12.6. The van der Waals surface area contributed by atoms with Crippen LogP contribution in [0, 0.1) is 0 Å². The van der Waals surface area contributed by atoms with Crippen LogP contribution in [0.5, 0.6) is 11.5 Å². The summed E-state index contributed by atoms with van der Waals surface area (Å²) in [6.07, 6.45) is 0.147. The molecule has 0 aliphatic carbocycles. The SMILES string of the molecule is CN(C(=O)CCN1C(=O)COc2ccccc21)c1ccc(OCC(=O)O)cc1. The van der Waals surface area contributed by atoms with E-state index in [1.165, 1.54) is 4.90 Å². The van der Waals surface area contributed by atoms with E-state index in [-0.39, 0.29) is 31.4 Å². The molecule has 0 atom stereocenters. The molecule has 0 fully saturated rings. The molecule has 0 aromatic heterocycles. The Labute approximate surface area is 161 Å². The number of fused-ring (bicyclic) bond motifs is 1. The largest absolute Gasteiger partial charge is 0.482 e. The highest BCUT2D eigenvalue weighted by atomic mass is 16.5. The number of anilines is 2. The summed E-state index contributed by atoms with van der Waals surface area (Å²) in [7, 11) is 1.64. The molecule has 3 rings (SSSR count). The topological polar surface area (TPSA) is 96.4 Å². The Morgan fingerprint density at radius 2 is 1.89 bits per heavy atom. The maximum atomic E-state index is 12.6. The zero-order chi connectivity index (χ0) is 20.1. The van der Waals surface area contributed by atoms with Crippen LogP contribution >= 0.6 is 0 Å². The monoisotopic (exact) mass is 384 g/mol. The lowest BCUT2D eigenvalue weighted by Crippen LogP contribution is -2.41. The summed E-state index contributed by atoms with van der Waals surface area (Å²) in [5.41, 5.74) is 1.30. The minimum absolute atomic E-state index is 0.0428. The van der Waals surface area contributed by atoms with Crippen LogP contribution in [0.15, 0.2) is 48.5 Å². The number of carboxylic acid groups (broad SMARTS) is 1. The van der Waals surface area contributed by atoms with Crippen molar-refractivity contribution in [2.45, 2.75) is 6.42 Å². The number of para-hydroxylation sites is 2. The molecule has 2 aromatic rings. The smallest absolute Gasteiger partial charge is 0.341 e. The third-order valence-corrected chi connectivity index (χ3v) is 4.32. The molecule has 2 aromatic carbocycles. The quantitative estimate of drug-likeness (QED) is 0.784. The Morgan fingerprint density at radius 1 is 1.18 bits per heavy atom. The summed E-state index contributed by atoms with van der Waals surface area (Å²) in [4.78, 5) is 38.3. The molecule has 0 saturated heterocycles. The Balaban J connectivity index is 1.60. The molecule has 8 heteroatoms. The molecular weight excluding hydrogens is 364 g/mol. The second-order valence-electron chi connectivity index (χ2n) is 6.18. The van der Waals surface area contributed by atoms with Gasteiger partial charge in [-0.05, 0) is 36.4 Å². The Kier molecular flexibility index (Phi) is 5.78. The second-order valence-corrected chi connectivity index (χ2v) is 6.18. The fraction of sp³-hybridized carbons (Fsp3) is 0.250. The molecule has 1 aliphatic heterocycles. The van der Waals surface area contributed by atoms with Gasteiger partial charge in [0.15, 0.2) is 13.2 Å². The molecule has 0 unspecified atom stereocenters. The van der Waals surface area contributed by atoms with E-state index < -0.39 is 12.6 Å². The predicted octanol–water partition coefficient (Wildman–Crippen LogP) is 1.93. The van der Waals surface area contributed by atoms with E-state index in [1.807, 2.05) is 12.1 Å². The van der Waals surface area contributed by atoms with Gasteiger partial charge in [-0.3, -0.25) is 9.59 Å². The zero-order valence-corrected chi connectivity index (χ0v) is 15.3. The van der Waals surface area contributed by atoms with Crippen LogP contribution in [0.4, 0.5) is 11.4 Å². The van der Waals surface area contributed by atoms with Crippen LogP contribution in [-0.4, -0.2) is 49.7 Å². The van der Waals surface area contributed by atoms with Crippen molar-refractivity contribution in [3.05, 3.63) is 48.5 Å². The number of nitrogens with zero attached hydrogens (tertiary/aromatic N) is 2. The standard InChI is InChI=1S/C20H20N2O6/c1-21(14-6-8-15(9-7-14)27-13-20(25)26)18(23)10-11-22-16-4-2-3-5-17(16)28-12-19(22)24/h2-9H,10-13H2,1H3,(H,25,26). The van der Waals surface area contributed by atoms with E-state index in [1.54, 1.807) is 48.3 Å². The number of carboxylic acids is 1. The van der Waals surface area contributed by atoms with E-state index >= 15 is 0 Å². The molecule has 146 valence electrons. The number of hydrogen-bond acceptors (Lipinski definition) is 5. The summed E-state index contributed by atoms with van der Waals surface area (Å²) >= 11 is 0. The highest BCUT2D eigenvalue weighted by Crippen LogP contribution is 2.31. The average Bonchev–Trinajstić information content (AvgIpc) is 2.71. The number of carbonyl (C=O) groups is 3. The normalized spacial score (nSPS) is 12.8. The van der Waals surface area contributed by atoms with Crippen LogP contribution in [0.3, 0.4) is 0 Å². The van der Waals surface area contributed by atoms with Gasteiger partial charge in [0.2, 0.25) is 5.91 Å². The van der Waals surface area contributed by atoms with Crippen molar-refractivity contribution in [1.82, 2.24) is 0 Å². The summed E-state index contributed by atoms with van der Waals surface area (Å²) in [6.45, 7) is -0.218. The number of rotatable bonds is 7. The van der Waals surface area contributed by atoms with Crippen molar-refractivity contribution in [1.29, 1.82) is 0 Å². The van der Waals surface area contributed by atoms with Gasteiger partial charge < -0.3 is 24.4 Å². The zero-order valence-electron chi connectivity index (χ0n) is 15.3. The third kappa shape index (κ3) is 4.40. The van der Waals surface area contributed by atoms with Gasteiger partial charge in [0.25, 0.3) is 5.91 Å². The minimum Gasteiger partial charge on any atom is -0.482 e. The molecule has 0 saturated carbocycles. The minimum atomic E-state index is -1.06. The van der Waals surface area contributed by atoms with E-state index in [0.29, 0.717) is 22.9 Å². The Morgan fingerprint density at radius 3 is 2.61 bits per heavy atom. The summed E-state index contributed by atoms with van der Waals surface area (Å²) in [5, 5.41) is 8.62. The summed E-state index contributed by atoms with van der Waals surface area (Å²) in [5.74, 6) is -0.372. The van der Waals surface area contributed by atoms with Gasteiger partial charge in [0, 0.05) is 25.7 Å². The van der Waals surface area contributed by atoms with Crippen molar-refractivity contribution in [2.75, 3.05) is 36.6 Å². The third-order valence-electron chi connectivity index (χ3n) is 4.32. The van der Waals surface area contributed by atoms with Crippen LogP contribution in [0.2, 0.25) is 0 Å². The van der Waals surface area contributed by atoms with Crippen LogP contribution < -0.4 is 19.3 Å². The number of hydrogen-bond donors (Lipinski definition) is 1. The van der Waals surface area contributed by atoms with Gasteiger partial charge in [-0.25, -0.2) is 4.79 Å². The first-order valence-electron chi connectivity index (χ1n) is 8.69. The summed E-state index contributed by atoms with van der Waals surface area (Å²) in [6, 6.07) is 13.8. The van der Waals surface area contributed by atoms with Crippen LogP contribution in [0.25, 0.3) is 0 Å². The Bertz CT molecular complexity index is 881. The molecule has 1 N–H and O–H groups in total. The number of aliphatic carboxylic acids is 1. The van der Waals surface area contributed by atoms with Gasteiger partial charge in [-0.15, -0.1) is 0 Å². The van der Waals surface area contributed by atoms with Crippen LogP contribution in [-0.2, 0) is 14.4 Å². The van der Waals surface area contributed by atoms with E-state index in [0.717, 1.165) is 0 Å². The highest BCUT2D eigenvalue weighted by molar-refractivity contribution is 5.99. The Hall–Kier alpha value is -3.55. The lowest BCUT2D eigenvalue weighted by molar-refractivity contribution is -0.139. The lowest BCUT2D eigenvalue weighted by atomic mass is 10.2. The molecule has 1 aliphatic rings. The van der Waals surface area contributed by atoms with Crippen molar-refractivity contribution < 1.29 is 29.0 Å². The van der Waals surface area contributed by atoms with Gasteiger partial charge in [-0.2, -0.15) is 0 Å². The first kappa shape index (κ1) is 19.2. The van der Waals surface area contributed by atoms with Gasteiger partial charge in [-0.1, -0.05) is 12.1 Å². The molecule has 0 radical (unpaired) electrons. The van der Waals surface area contributed by atoms with Crippen molar-refractivity contribution >= 4 is 29.2 Å². The number of ether oxygens (including phenoxy) is 2. The molecule has 1 heterocycles. The molecule has 2 amide bonds. The second kappa shape index (κ2) is 8.43. The number of benzene rings is 2. The molecule has 0 bridgehead atoms. The van der Waals surface area contributed by atoms with Crippen LogP contribution in [0.1, 0.15) is 6.42 Å². The van der Waals surface area contributed by atoms with Gasteiger partial charge in [0.1, 0.15) is 11.5 Å². The van der Waals surface area contributed by atoms with E-state index in [9.17, 15) is 14.4 Å². The average molecular weight is 384 g/mol. The fourth-order valence-electron chi connectivity index (χ4n) is 2.83. The van der Waals surface area contributed by atoms with E-state index in [4.69, 9.17) is 14.6 Å². The first-order valence-corrected chi connectivity index (χ1v) is 8.69. The molecular formula is C20H20N2O6. The van der Waals surface area contributed by atoms with E-state index in [2.05, 4.69) is 0 Å². The van der Waals surface area contributed by atoms with Gasteiger partial charge >= 0.3 is 5.97 Å². The predicted molar refractivity (Wildman–Crippen MR) is 102 cm³/mol. The summed E-state index contributed by atoms with van der Waals surface area (Å²) < 4.78 is 10.5. The van der Waals surface area contributed by atoms with Gasteiger partial charge in [0.05, 0.1) is 5.69 Å². The molecule has 0 spiro atoms. The number of amides is 2. The highest BCUT2D eigenvalue weighted by Gasteiger charge is 2.26. The first-order chi connectivity index (χ1) is 13.5. The van der Waals surface area contributed by atoms with Crippen molar-refractivity contribution in [2.24, 2.45) is 0 Å². The maximum Gasteiger partial charge on any atom is 0.341 e.